The Bertz CT molecular complexity index is 486. The number of carbonyl (C=O) groups is 1. The van der Waals surface area contributed by atoms with Gasteiger partial charge in [0.15, 0.2) is 0 Å². The van der Waals surface area contributed by atoms with E-state index in [0.717, 1.165) is 18.4 Å². The number of nitrogen functional groups attached to an aromatic ring is 1. The highest BCUT2D eigenvalue weighted by Gasteiger charge is 2.35. The second kappa shape index (κ2) is 5.60. The number of amides is 2. The van der Waals surface area contributed by atoms with Gasteiger partial charge in [-0.15, -0.1) is 0 Å². The molecular weight excluding hydrogens is 271 g/mol. The van der Waals surface area contributed by atoms with Gasteiger partial charge in [0.1, 0.15) is 6.54 Å². The zero-order valence-corrected chi connectivity index (χ0v) is 10.8. The van der Waals surface area contributed by atoms with Gasteiger partial charge in [-0.2, -0.15) is 13.2 Å². The molecule has 0 aliphatic heterocycles. The monoisotopic (exact) mass is 287 g/mol. The molecule has 0 heterocycles. The van der Waals surface area contributed by atoms with Crippen LogP contribution in [0.4, 0.5) is 23.7 Å². The van der Waals surface area contributed by atoms with Crippen LogP contribution in [0.15, 0.2) is 24.3 Å². The lowest BCUT2D eigenvalue weighted by Crippen LogP contribution is -2.44. The van der Waals surface area contributed by atoms with Crippen LogP contribution in [-0.2, 0) is 6.54 Å². The normalized spacial score (nSPS) is 14.9. The molecule has 2 amide bonds. The molecule has 0 aromatic heterocycles. The van der Waals surface area contributed by atoms with Gasteiger partial charge in [-0.1, -0.05) is 12.1 Å². The molecule has 0 radical (unpaired) electrons. The smallest absolute Gasteiger partial charge is 0.399 e. The summed E-state index contributed by atoms with van der Waals surface area (Å²) in [4.78, 5) is 13.3. The van der Waals surface area contributed by atoms with Crippen molar-refractivity contribution in [3.63, 3.8) is 0 Å². The van der Waals surface area contributed by atoms with Crippen molar-refractivity contribution >= 4 is 11.7 Å². The minimum Gasteiger partial charge on any atom is -0.399 e. The van der Waals surface area contributed by atoms with Crippen molar-refractivity contribution < 1.29 is 18.0 Å². The Morgan fingerprint density at radius 3 is 2.65 bits per heavy atom. The van der Waals surface area contributed by atoms with Crippen molar-refractivity contribution in [1.29, 1.82) is 0 Å². The van der Waals surface area contributed by atoms with E-state index in [1.807, 2.05) is 5.32 Å². The highest BCUT2D eigenvalue weighted by atomic mass is 19.4. The number of carbonyl (C=O) groups excluding carboxylic acids is 1. The van der Waals surface area contributed by atoms with E-state index >= 15 is 0 Å². The quantitative estimate of drug-likeness (QED) is 0.836. The number of nitrogens with one attached hydrogen (secondary N) is 1. The fourth-order valence-electron chi connectivity index (χ4n) is 1.92. The maximum Gasteiger partial charge on any atom is 0.405 e. The molecule has 110 valence electrons. The molecule has 1 aliphatic rings. The summed E-state index contributed by atoms with van der Waals surface area (Å²) in [6.07, 6.45) is -2.76. The number of anilines is 1. The molecule has 3 N–H and O–H groups in total. The minimum absolute atomic E-state index is 0.0182. The Morgan fingerprint density at radius 2 is 2.10 bits per heavy atom. The first-order chi connectivity index (χ1) is 9.35. The van der Waals surface area contributed by atoms with Gasteiger partial charge in [-0.3, -0.25) is 0 Å². The van der Waals surface area contributed by atoms with Crippen molar-refractivity contribution in [3.8, 4) is 0 Å². The molecule has 20 heavy (non-hydrogen) atoms. The predicted octanol–water partition coefficient (Wildman–Crippen LogP) is 2.51. The summed E-state index contributed by atoms with van der Waals surface area (Å²) in [5, 5.41) is 1.91. The second-order valence-corrected chi connectivity index (χ2v) is 4.88. The first-order valence-corrected chi connectivity index (χ1v) is 6.31. The maximum absolute atomic E-state index is 12.1. The van der Waals surface area contributed by atoms with Gasteiger partial charge >= 0.3 is 12.2 Å². The fourth-order valence-corrected chi connectivity index (χ4v) is 1.92. The van der Waals surface area contributed by atoms with E-state index in [2.05, 4.69) is 0 Å². The van der Waals surface area contributed by atoms with Gasteiger partial charge in [0.05, 0.1) is 0 Å². The zero-order valence-electron chi connectivity index (χ0n) is 10.8. The number of urea groups is 1. The van der Waals surface area contributed by atoms with Gasteiger partial charge in [-0.05, 0) is 30.5 Å². The van der Waals surface area contributed by atoms with Crippen molar-refractivity contribution in [3.05, 3.63) is 29.8 Å². The lowest BCUT2D eigenvalue weighted by Gasteiger charge is -2.23. The molecule has 1 aromatic rings. The number of halogens is 3. The highest BCUT2D eigenvalue weighted by Crippen LogP contribution is 2.28. The fraction of sp³-hybridized carbons (Fsp3) is 0.462. The van der Waals surface area contributed by atoms with Crippen molar-refractivity contribution in [2.24, 2.45) is 0 Å². The first-order valence-electron chi connectivity index (χ1n) is 6.31. The molecule has 1 fully saturated rings. The Labute approximate surface area is 114 Å². The van der Waals surface area contributed by atoms with E-state index in [9.17, 15) is 18.0 Å². The number of nitrogens with two attached hydrogens (primary N) is 1. The summed E-state index contributed by atoms with van der Waals surface area (Å²) in [5.74, 6) is 0. The lowest BCUT2D eigenvalue weighted by atomic mass is 10.2. The third-order valence-electron chi connectivity index (χ3n) is 2.99. The molecule has 0 saturated heterocycles. The standard InChI is InChI=1S/C13H16F3N3O/c14-13(15,16)8-18-12(20)19(11-4-5-11)7-9-2-1-3-10(17)6-9/h1-3,6,11H,4-5,7-8,17H2,(H,18,20). The summed E-state index contributed by atoms with van der Waals surface area (Å²) in [6.45, 7) is -1.05. The molecular formula is C13H16F3N3O. The predicted molar refractivity (Wildman–Crippen MR) is 68.9 cm³/mol. The van der Waals surface area contributed by atoms with Crippen LogP contribution >= 0.6 is 0 Å². The topological polar surface area (TPSA) is 58.4 Å². The number of rotatable bonds is 4. The van der Waals surface area contributed by atoms with Gasteiger partial charge < -0.3 is 16.0 Å². The van der Waals surface area contributed by atoms with Crippen LogP contribution in [0.25, 0.3) is 0 Å². The van der Waals surface area contributed by atoms with E-state index in [1.165, 1.54) is 4.90 Å². The summed E-state index contributed by atoms with van der Waals surface area (Å²) in [6, 6.07) is 6.31. The number of hydrogen-bond acceptors (Lipinski definition) is 2. The molecule has 0 atom stereocenters. The molecule has 1 aliphatic carbocycles. The maximum atomic E-state index is 12.1. The van der Waals surface area contributed by atoms with Gasteiger partial charge in [-0.25, -0.2) is 4.79 Å². The van der Waals surface area contributed by atoms with E-state index in [4.69, 9.17) is 5.73 Å². The third kappa shape index (κ3) is 4.32. The summed E-state index contributed by atoms with van der Waals surface area (Å²) in [5.41, 5.74) is 7.02. The Balaban J connectivity index is 1.98. The van der Waals surface area contributed by atoms with Crippen LogP contribution < -0.4 is 11.1 Å². The Hall–Kier alpha value is -1.92. The average molecular weight is 287 g/mol. The van der Waals surface area contributed by atoms with Crippen molar-refractivity contribution in [1.82, 2.24) is 10.2 Å². The van der Waals surface area contributed by atoms with E-state index < -0.39 is 18.8 Å². The van der Waals surface area contributed by atoms with Crippen LogP contribution in [0, 0.1) is 0 Å². The molecule has 0 bridgehead atoms. The number of benzene rings is 1. The molecule has 1 aromatic carbocycles. The molecule has 2 rings (SSSR count). The highest BCUT2D eigenvalue weighted by molar-refractivity contribution is 5.75. The second-order valence-electron chi connectivity index (χ2n) is 4.88. The van der Waals surface area contributed by atoms with E-state index in [0.29, 0.717) is 5.69 Å². The largest absolute Gasteiger partial charge is 0.405 e. The van der Waals surface area contributed by atoms with Crippen molar-refractivity contribution in [2.45, 2.75) is 31.6 Å². The SMILES string of the molecule is Nc1cccc(CN(C(=O)NCC(F)(F)F)C2CC2)c1. The number of hydrogen-bond donors (Lipinski definition) is 2. The number of alkyl halides is 3. The molecule has 7 heteroatoms. The third-order valence-corrected chi connectivity index (χ3v) is 2.99. The average Bonchev–Trinajstić information content (AvgIpc) is 3.16. The van der Waals surface area contributed by atoms with Crippen LogP contribution in [0.2, 0.25) is 0 Å². The summed E-state index contributed by atoms with van der Waals surface area (Å²) >= 11 is 0. The minimum atomic E-state index is -4.40. The van der Waals surface area contributed by atoms with Crippen LogP contribution in [0.1, 0.15) is 18.4 Å². The lowest BCUT2D eigenvalue weighted by molar-refractivity contribution is -0.123. The van der Waals surface area contributed by atoms with Gasteiger partial charge in [0, 0.05) is 18.3 Å². The number of nitrogens with zero attached hydrogens (tertiary/aromatic N) is 1. The molecule has 4 nitrogen and oxygen atoms in total. The van der Waals surface area contributed by atoms with Crippen LogP contribution in [-0.4, -0.2) is 29.7 Å². The Morgan fingerprint density at radius 1 is 1.40 bits per heavy atom. The van der Waals surface area contributed by atoms with Crippen LogP contribution in [0.3, 0.4) is 0 Å². The van der Waals surface area contributed by atoms with E-state index in [1.54, 1.807) is 24.3 Å². The molecule has 0 spiro atoms. The zero-order chi connectivity index (χ0) is 14.8. The van der Waals surface area contributed by atoms with Gasteiger partial charge in [0.2, 0.25) is 0 Å². The Kier molecular flexibility index (Phi) is 4.06. The van der Waals surface area contributed by atoms with Crippen LogP contribution in [0.5, 0.6) is 0 Å². The molecule has 0 unspecified atom stereocenters. The van der Waals surface area contributed by atoms with Gasteiger partial charge in [0.25, 0.3) is 0 Å². The van der Waals surface area contributed by atoms with Crippen molar-refractivity contribution in [2.75, 3.05) is 12.3 Å². The summed E-state index contributed by atoms with van der Waals surface area (Å²) < 4.78 is 36.4. The first kappa shape index (κ1) is 14.5. The molecule has 1 saturated carbocycles. The summed E-state index contributed by atoms with van der Waals surface area (Å²) in [7, 11) is 0. The van der Waals surface area contributed by atoms with E-state index in [-0.39, 0.29) is 12.6 Å².